The minimum Gasteiger partial charge on any atom is -0.367 e. The maximum atomic E-state index is 12.8. The standard InChI is InChI=1S/C17H20N2O4/c1-16(2)12-8-9-17(3,23-16)14-13(12)18(14)15(20)10-4-6-11(7-5-10)19(21)22/h4-7,12-14H,8-9H2,1-3H3/t12-,13-,14+,17-,18?/m1/s1. The molecule has 0 unspecified atom stereocenters. The van der Waals surface area contributed by atoms with E-state index in [1.165, 1.54) is 12.1 Å². The van der Waals surface area contributed by atoms with Crippen LogP contribution in [0.5, 0.6) is 0 Å². The first kappa shape index (κ1) is 14.6. The summed E-state index contributed by atoms with van der Waals surface area (Å²) >= 11 is 0. The molecule has 4 fully saturated rings. The minimum absolute atomic E-state index is 0.00117. The van der Waals surface area contributed by atoms with Crippen LogP contribution in [0, 0.1) is 16.0 Å². The van der Waals surface area contributed by atoms with E-state index >= 15 is 0 Å². The van der Waals surface area contributed by atoms with Gasteiger partial charge < -0.3 is 9.64 Å². The van der Waals surface area contributed by atoms with Gasteiger partial charge in [0.1, 0.15) is 0 Å². The smallest absolute Gasteiger partial charge is 0.269 e. The molecule has 3 aliphatic heterocycles. The average Bonchev–Trinajstić information content (AvgIpc) is 3.22. The third kappa shape index (κ3) is 1.94. The SMILES string of the molecule is CC1(C)O[C@]2(C)CC[C@@H]1[C@@H]1[C@@H]2N1C(=O)c1ccc([N+](=O)[O-])cc1. The third-order valence-corrected chi connectivity index (χ3v) is 5.79. The average molecular weight is 316 g/mol. The maximum absolute atomic E-state index is 12.8. The first-order valence-corrected chi connectivity index (χ1v) is 8.02. The number of benzene rings is 1. The van der Waals surface area contributed by atoms with Crippen molar-refractivity contribution in [2.75, 3.05) is 0 Å². The topological polar surface area (TPSA) is 72.5 Å². The van der Waals surface area contributed by atoms with Gasteiger partial charge in [0.25, 0.3) is 11.6 Å². The highest BCUT2D eigenvalue weighted by Crippen LogP contribution is 2.60. The number of hydrogen-bond donors (Lipinski definition) is 0. The molecule has 6 nitrogen and oxygen atoms in total. The van der Waals surface area contributed by atoms with Gasteiger partial charge in [0.15, 0.2) is 0 Å². The van der Waals surface area contributed by atoms with Crippen molar-refractivity contribution in [3.8, 4) is 0 Å². The second-order valence-electron chi connectivity index (χ2n) is 7.62. The number of carbonyl (C=O) groups excluding carboxylic acids is 1. The highest BCUT2D eigenvalue weighted by molar-refractivity contribution is 5.97. The Kier molecular flexibility index (Phi) is 2.75. The number of carbonyl (C=O) groups is 1. The lowest BCUT2D eigenvalue weighted by molar-refractivity contribution is -0.384. The number of amides is 1. The molecule has 4 aliphatic rings. The molecule has 0 spiro atoms. The van der Waals surface area contributed by atoms with Gasteiger partial charge in [-0.15, -0.1) is 0 Å². The van der Waals surface area contributed by atoms with Crippen molar-refractivity contribution >= 4 is 11.6 Å². The summed E-state index contributed by atoms with van der Waals surface area (Å²) in [5, 5.41) is 10.7. The maximum Gasteiger partial charge on any atom is 0.269 e. The van der Waals surface area contributed by atoms with E-state index in [2.05, 4.69) is 20.8 Å². The molecule has 0 N–H and O–H groups in total. The predicted molar refractivity (Wildman–Crippen MR) is 83.1 cm³/mol. The zero-order valence-corrected chi connectivity index (χ0v) is 13.5. The van der Waals surface area contributed by atoms with Gasteiger partial charge in [-0.1, -0.05) is 0 Å². The fourth-order valence-electron chi connectivity index (χ4n) is 4.76. The Morgan fingerprint density at radius 3 is 2.52 bits per heavy atom. The quantitative estimate of drug-likeness (QED) is 0.478. The number of non-ortho nitro benzene ring substituents is 1. The molecule has 4 atom stereocenters. The van der Waals surface area contributed by atoms with Crippen molar-refractivity contribution in [2.45, 2.75) is 56.9 Å². The van der Waals surface area contributed by atoms with E-state index in [0.29, 0.717) is 11.5 Å². The number of fused-ring (bicyclic) bond motifs is 2. The second-order valence-corrected chi connectivity index (χ2v) is 7.62. The van der Waals surface area contributed by atoms with Gasteiger partial charge in [0.2, 0.25) is 0 Å². The van der Waals surface area contributed by atoms with E-state index in [-0.39, 0.29) is 34.9 Å². The molecular weight excluding hydrogens is 296 g/mol. The van der Waals surface area contributed by atoms with E-state index in [1.54, 1.807) is 12.1 Å². The molecule has 1 amide bonds. The molecule has 3 heterocycles. The Labute approximate surface area is 134 Å². The lowest BCUT2D eigenvalue weighted by atomic mass is 9.69. The highest BCUT2D eigenvalue weighted by atomic mass is 16.6. The number of nitro benzene ring substituents is 1. The number of nitro groups is 1. The molecule has 2 bridgehead atoms. The van der Waals surface area contributed by atoms with Crippen LogP contribution in [0.25, 0.3) is 0 Å². The Bertz CT molecular complexity index is 699. The van der Waals surface area contributed by atoms with E-state index < -0.39 is 4.92 Å². The molecule has 0 aromatic heterocycles. The van der Waals surface area contributed by atoms with Crippen molar-refractivity contribution in [1.29, 1.82) is 0 Å². The van der Waals surface area contributed by atoms with Crippen LogP contribution >= 0.6 is 0 Å². The third-order valence-electron chi connectivity index (χ3n) is 5.79. The summed E-state index contributed by atoms with van der Waals surface area (Å²) in [5.74, 6) is 0.311. The summed E-state index contributed by atoms with van der Waals surface area (Å²) in [5.41, 5.74) is 0.0185. The van der Waals surface area contributed by atoms with Crippen LogP contribution in [-0.2, 0) is 4.74 Å². The van der Waals surface area contributed by atoms with Gasteiger partial charge in [0, 0.05) is 23.6 Å². The number of rotatable bonds is 2. The van der Waals surface area contributed by atoms with E-state index in [9.17, 15) is 14.9 Å². The summed E-state index contributed by atoms with van der Waals surface area (Å²) in [7, 11) is 0. The van der Waals surface area contributed by atoms with Gasteiger partial charge in [-0.05, 0) is 45.7 Å². The van der Waals surface area contributed by atoms with E-state index in [0.717, 1.165) is 12.8 Å². The summed E-state index contributed by atoms with van der Waals surface area (Å²) in [6.45, 7) is 6.32. The Hall–Kier alpha value is -1.95. The molecule has 23 heavy (non-hydrogen) atoms. The van der Waals surface area contributed by atoms with Crippen LogP contribution in [-0.4, -0.2) is 39.0 Å². The molecule has 1 aromatic rings. The summed E-state index contributed by atoms with van der Waals surface area (Å²) in [6, 6.07) is 6.23. The van der Waals surface area contributed by atoms with Crippen molar-refractivity contribution < 1.29 is 14.5 Å². The molecule has 122 valence electrons. The molecule has 5 rings (SSSR count). The Morgan fingerprint density at radius 1 is 1.30 bits per heavy atom. The Morgan fingerprint density at radius 2 is 1.96 bits per heavy atom. The van der Waals surface area contributed by atoms with E-state index in [1.807, 2.05) is 4.90 Å². The van der Waals surface area contributed by atoms with Crippen LogP contribution in [0.15, 0.2) is 24.3 Å². The van der Waals surface area contributed by atoms with Crippen molar-refractivity contribution in [2.24, 2.45) is 5.92 Å². The summed E-state index contributed by atoms with van der Waals surface area (Å²) < 4.78 is 6.30. The number of ether oxygens (including phenoxy) is 1. The molecular formula is C17H20N2O4. The summed E-state index contributed by atoms with van der Waals surface area (Å²) in [6.07, 6.45) is 2.06. The molecule has 1 aliphatic carbocycles. The Balaban J connectivity index is 1.61. The first-order valence-electron chi connectivity index (χ1n) is 8.02. The van der Waals surface area contributed by atoms with Crippen LogP contribution in [0.1, 0.15) is 44.0 Å². The number of nitrogens with zero attached hydrogens (tertiary/aromatic N) is 2. The van der Waals surface area contributed by atoms with Crippen LogP contribution in [0.2, 0.25) is 0 Å². The van der Waals surface area contributed by atoms with Gasteiger partial charge in [-0.2, -0.15) is 0 Å². The molecule has 1 saturated carbocycles. The van der Waals surface area contributed by atoms with E-state index in [4.69, 9.17) is 4.74 Å². The van der Waals surface area contributed by atoms with Crippen molar-refractivity contribution in [3.63, 3.8) is 0 Å². The van der Waals surface area contributed by atoms with Gasteiger partial charge in [-0.25, -0.2) is 0 Å². The van der Waals surface area contributed by atoms with Crippen LogP contribution in [0.4, 0.5) is 5.69 Å². The van der Waals surface area contributed by atoms with Gasteiger partial charge in [0.05, 0.1) is 28.2 Å². The molecule has 6 heteroatoms. The lowest BCUT2D eigenvalue weighted by Gasteiger charge is -2.51. The predicted octanol–water partition coefficient (Wildman–Crippen LogP) is 2.77. The molecule has 1 aromatic carbocycles. The largest absolute Gasteiger partial charge is 0.367 e. The lowest BCUT2D eigenvalue weighted by Crippen LogP contribution is -2.58. The van der Waals surface area contributed by atoms with Gasteiger partial charge in [-0.3, -0.25) is 14.9 Å². The van der Waals surface area contributed by atoms with Crippen molar-refractivity contribution in [1.82, 2.24) is 4.90 Å². The van der Waals surface area contributed by atoms with Crippen LogP contribution < -0.4 is 0 Å². The minimum atomic E-state index is -0.455. The monoisotopic (exact) mass is 316 g/mol. The zero-order valence-electron chi connectivity index (χ0n) is 13.5. The molecule has 0 radical (unpaired) electrons. The highest BCUT2D eigenvalue weighted by Gasteiger charge is 2.72. The number of hydrogen-bond acceptors (Lipinski definition) is 4. The fourth-order valence-corrected chi connectivity index (χ4v) is 4.76. The number of likely N-dealkylation sites (tertiary alicyclic amines) is 1. The summed E-state index contributed by atoms with van der Waals surface area (Å²) in [4.78, 5) is 25.0. The van der Waals surface area contributed by atoms with Gasteiger partial charge >= 0.3 is 0 Å². The van der Waals surface area contributed by atoms with Crippen molar-refractivity contribution in [3.05, 3.63) is 39.9 Å². The first-order chi connectivity index (χ1) is 10.7. The second kappa shape index (κ2) is 4.32. The molecule has 3 saturated heterocycles. The zero-order chi connectivity index (χ0) is 16.6. The van der Waals surface area contributed by atoms with Crippen LogP contribution in [0.3, 0.4) is 0 Å². The fraction of sp³-hybridized carbons (Fsp3) is 0.588. The normalized spacial score (nSPS) is 36.5.